The first-order valence-electron chi connectivity index (χ1n) is 13.1. The van der Waals surface area contributed by atoms with Gasteiger partial charge in [-0.2, -0.15) is 0 Å². The molecular formula is C27H40N2O6. The predicted molar refractivity (Wildman–Crippen MR) is 131 cm³/mol. The number of hydrogen-bond acceptors (Lipinski definition) is 7. The van der Waals surface area contributed by atoms with Gasteiger partial charge in [0.2, 0.25) is 11.8 Å². The molecule has 35 heavy (non-hydrogen) atoms. The van der Waals surface area contributed by atoms with E-state index in [-0.39, 0.29) is 36.8 Å². The molecular weight excluding hydrogens is 448 g/mol. The van der Waals surface area contributed by atoms with Crippen LogP contribution in [0.5, 0.6) is 0 Å². The molecule has 2 amide bonds. The number of oxime groups is 1. The molecule has 2 aliphatic carbocycles. The molecule has 0 aromatic rings. The zero-order valence-corrected chi connectivity index (χ0v) is 21.2. The molecule has 7 atom stereocenters. The lowest BCUT2D eigenvalue weighted by atomic mass is 9.60. The van der Waals surface area contributed by atoms with E-state index in [9.17, 15) is 19.8 Å². The zero-order chi connectivity index (χ0) is 25.1. The Morgan fingerprint density at radius 1 is 1.11 bits per heavy atom. The fourth-order valence-corrected chi connectivity index (χ4v) is 6.20. The molecule has 8 heteroatoms. The van der Waals surface area contributed by atoms with Crippen LogP contribution < -0.4 is 0 Å². The molecule has 4 rings (SSSR count). The Labute approximate surface area is 208 Å². The SMILES string of the molecule is CC(C)=CCC/C(C)=C/CO/N=C1/C[C@@H](O)[C@@H](O)[C@@H]2[C@@H]3C(=O)N(C[C@@H]4CCCO4)C(=O)[C@H]3CC[C@H]12. The van der Waals surface area contributed by atoms with Gasteiger partial charge >= 0.3 is 0 Å². The van der Waals surface area contributed by atoms with E-state index in [0.29, 0.717) is 31.8 Å². The maximum Gasteiger partial charge on any atom is 0.233 e. The maximum atomic E-state index is 13.4. The normalized spacial score (nSPS) is 36.4. The second-order valence-corrected chi connectivity index (χ2v) is 10.8. The number of amides is 2. The number of hydrogen-bond donors (Lipinski definition) is 2. The lowest BCUT2D eigenvalue weighted by Gasteiger charge is -2.45. The van der Waals surface area contributed by atoms with E-state index in [1.807, 2.05) is 6.08 Å². The summed E-state index contributed by atoms with van der Waals surface area (Å²) in [5, 5.41) is 25.9. The molecule has 0 spiro atoms. The summed E-state index contributed by atoms with van der Waals surface area (Å²) in [4.78, 5) is 33.4. The molecule has 0 aromatic carbocycles. The molecule has 0 bridgehead atoms. The highest BCUT2D eigenvalue weighted by molar-refractivity contribution is 6.06. The van der Waals surface area contributed by atoms with Gasteiger partial charge in [0.15, 0.2) is 0 Å². The molecule has 194 valence electrons. The van der Waals surface area contributed by atoms with E-state index in [4.69, 9.17) is 9.57 Å². The highest BCUT2D eigenvalue weighted by Crippen LogP contribution is 2.49. The first kappa shape index (κ1) is 26.0. The fraction of sp³-hybridized carbons (Fsp3) is 0.741. The third kappa shape index (κ3) is 5.70. The smallest absolute Gasteiger partial charge is 0.233 e. The van der Waals surface area contributed by atoms with Crippen LogP contribution >= 0.6 is 0 Å². The Hall–Kier alpha value is -2.03. The average molecular weight is 489 g/mol. The number of aliphatic hydroxyl groups is 2. The van der Waals surface area contributed by atoms with Crippen LogP contribution in [0.2, 0.25) is 0 Å². The number of ether oxygens (including phenoxy) is 1. The molecule has 2 aliphatic heterocycles. The molecule has 4 aliphatic rings. The number of likely N-dealkylation sites (tertiary alicyclic amines) is 1. The lowest BCUT2D eigenvalue weighted by molar-refractivity contribution is -0.143. The monoisotopic (exact) mass is 488 g/mol. The van der Waals surface area contributed by atoms with Gasteiger partial charge in [0.1, 0.15) is 6.61 Å². The van der Waals surface area contributed by atoms with Gasteiger partial charge in [0.25, 0.3) is 0 Å². The van der Waals surface area contributed by atoms with Crippen LogP contribution in [-0.2, 0) is 19.2 Å². The minimum atomic E-state index is -1.07. The molecule has 2 heterocycles. The van der Waals surface area contributed by atoms with E-state index in [1.54, 1.807) is 0 Å². The van der Waals surface area contributed by atoms with Crippen molar-refractivity contribution in [1.29, 1.82) is 0 Å². The van der Waals surface area contributed by atoms with Crippen LogP contribution in [0, 0.1) is 23.7 Å². The minimum absolute atomic E-state index is 0.107. The Bertz CT molecular complexity index is 886. The van der Waals surface area contributed by atoms with Crippen molar-refractivity contribution >= 4 is 17.5 Å². The van der Waals surface area contributed by atoms with Gasteiger partial charge in [0, 0.05) is 24.9 Å². The van der Waals surface area contributed by atoms with Crippen LogP contribution in [0.4, 0.5) is 0 Å². The average Bonchev–Trinajstić information content (AvgIpc) is 3.42. The highest BCUT2D eigenvalue weighted by atomic mass is 16.6. The summed E-state index contributed by atoms with van der Waals surface area (Å²) in [6.45, 7) is 7.52. The second kappa shape index (κ2) is 11.4. The molecule has 0 aromatic heterocycles. The maximum absolute atomic E-state index is 13.4. The molecule has 2 saturated heterocycles. The summed E-state index contributed by atoms with van der Waals surface area (Å²) in [5.74, 6) is -2.20. The summed E-state index contributed by atoms with van der Waals surface area (Å²) in [5.41, 5.74) is 3.21. The largest absolute Gasteiger partial charge is 0.392 e. The second-order valence-electron chi connectivity index (χ2n) is 10.8. The van der Waals surface area contributed by atoms with E-state index in [0.717, 1.165) is 25.7 Å². The Morgan fingerprint density at radius 2 is 1.89 bits per heavy atom. The molecule has 2 N–H and O–H groups in total. The summed E-state index contributed by atoms with van der Waals surface area (Å²) in [6, 6.07) is 0. The number of aliphatic hydroxyl groups excluding tert-OH is 2. The highest BCUT2D eigenvalue weighted by Gasteiger charge is 2.59. The van der Waals surface area contributed by atoms with E-state index in [2.05, 4.69) is 32.0 Å². The van der Waals surface area contributed by atoms with Crippen LogP contribution in [0.1, 0.15) is 65.7 Å². The molecule has 8 nitrogen and oxygen atoms in total. The van der Waals surface area contributed by atoms with Crippen LogP contribution in [-0.4, -0.2) is 70.7 Å². The van der Waals surface area contributed by atoms with Gasteiger partial charge in [-0.3, -0.25) is 14.5 Å². The summed E-state index contributed by atoms with van der Waals surface area (Å²) in [6.07, 6.45) is 7.17. The Morgan fingerprint density at radius 3 is 2.60 bits per heavy atom. The van der Waals surface area contributed by atoms with Gasteiger partial charge < -0.3 is 19.8 Å². The molecule has 0 radical (unpaired) electrons. The van der Waals surface area contributed by atoms with Crippen LogP contribution in [0.3, 0.4) is 0 Å². The predicted octanol–water partition coefficient (Wildman–Crippen LogP) is 2.98. The zero-order valence-electron chi connectivity index (χ0n) is 21.2. The molecule has 0 unspecified atom stereocenters. The number of allylic oxidation sites excluding steroid dienone is 3. The first-order valence-corrected chi connectivity index (χ1v) is 13.1. The van der Waals surface area contributed by atoms with Crippen molar-refractivity contribution in [1.82, 2.24) is 4.90 Å². The van der Waals surface area contributed by atoms with Gasteiger partial charge in [-0.1, -0.05) is 22.4 Å². The van der Waals surface area contributed by atoms with Gasteiger partial charge in [-0.05, 0) is 65.4 Å². The van der Waals surface area contributed by atoms with E-state index >= 15 is 0 Å². The minimum Gasteiger partial charge on any atom is -0.392 e. The van der Waals surface area contributed by atoms with E-state index < -0.39 is 30.0 Å². The summed E-state index contributed by atoms with van der Waals surface area (Å²) >= 11 is 0. The molecule has 4 fully saturated rings. The van der Waals surface area contributed by atoms with E-state index in [1.165, 1.54) is 16.0 Å². The van der Waals surface area contributed by atoms with Crippen molar-refractivity contribution in [3.63, 3.8) is 0 Å². The molecule has 2 saturated carbocycles. The fourth-order valence-electron chi connectivity index (χ4n) is 6.20. The Kier molecular flexibility index (Phi) is 8.45. The number of carbonyl (C=O) groups excluding carboxylic acids is 2. The lowest BCUT2D eigenvalue weighted by Crippen LogP contribution is -2.54. The third-order valence-electron chi connectivity index (χ3n) is 8.06. The number of nitrogens with zero attached hydrogens (tertiary/aromatic N) is 2. The van der Waals surface area contributed by atoms with Crippen LogP contribution in [0.25, 0.3) is 0 Å². The van der Waals surface area contributed by atoms with Crippen molar-refractivity contribution in [3.05, 3.63) is 23.3 Å². The van der Waals surface area contributed by atoms with Gasteiger partial charge in [-0.25, -0.2) is 0 Å². The van der Waals surface area contributed by atoms with Crippen LogP contribution in [0.15, 0.2) is 28.5 Å². The number of fused-ring (bicyclic) bond motifs is 3. The number of carbonyl (C=O) groups is 2. The first-order chi connectivity index (χ1) is 16.8. The Balaban J connectivity index is 1.43. The van der Waals surface area contributed by atoms with Crippen molar-refractivity contribution in [3.8, 4) is 0 Å². The summed E-state index contributed by atoms with van der Waals surface area (Å²) < 4.78 is 5.65. The van der Waals surface area contributed by atoms with Gasteiger partial charge in [0.05, 0.1) is 42.4 Å². The number of rotatable bonds is 8. The van der Waals surface area contributed by atoms with Crippen molar-refractivity contribution in [2.75, 3.05) is 19.8 Å². The van der Waals surface area contributed by atoms with Crippen molar-refractivity contribution in [2.45, 2.75) is 84.0 Å². The van der Waals surface area contributed by atoms with Crippen molar-refractivity contribution in [2.24, 2.45) is 28.8 Å². The van der Waals surface area contributed by atoms with Gasteiger partial charge in [-0.15, -0.1) is 0 Å². The topological polar surface area (TPSA) is 109 Å². The standard InChI is InChI=1S/C27H40N2O6/c1-16(2)6-4-7-17(3)11-13-35-28-21-14-22(30)25(31)23-19(21)9-10-20-24(23)27(33)29(26(20)32)15-18-8-5-12-34-18/h6,11,18-20,22-25,30-31H,4-5,7-10,12-15H2,1-3H3/b17-11+,28-21-/t18-,19+,20-,22+,23-,24+,25+/m0/s1. The summed E-state index contributed by atoms with van der Waals surface area (Å²) in [7, 11) is 0. The third-order valence-corrected chi connectivity index (χ3v) is 8.06. The van der Waals surface area contributed by atoms with Crippen molar-refractivity contribution < 1.29 is 29.4 Å². The quantitative estimate of drug-likeness (QED) is 0.235. The number of imide groups is 1.